The van der Waals surface area contributed by atoms with Crippen LogP contribution >= 0.6 is 0 Å². The van der Waals surface area contributed by atoms with Crippen molar-refractivity contribution < 1.29 is 24.0 Å². The standard InChI is InChI=1S/C22H17N3O6/c1-13-2-7-17(31-13)19-18(20(26)15-3-5-16(6-4-15)25(29)30)21(27)22(28)24(19)12-14-8-10-23-11-9-14/h2-11,19,26H,12H2,1H3/b20-18-. The van der Waals surface area contributed by atoms with Gasteiger partial charge in [0.25, 0.3) is 17.4 Å². The van der Waals surface area contributed by atoms with Crippen molar-refractivity contribution in [2.24, 2.45) is 0 Å². The Morgan fingerprint density at radius 2 is 1.81 bits per heavy atom. The average molecular weight is 419 g/mol. The van der Waals surface area contributed by atoms with Crippen molar-refractivity contribution >= 4 is 23.1 Å². The highest BCUT2D eigenvalue weighted by molar-refractivity contribution is 6.46. The zero-order valence-corrected chi connectivity index (χ0v) is 16.4. The van der Waals surface area contributed by atoms with Gasteiger partial charge in [-0.15, -0.1) is 0 Å². The van der Waals surface area contributed by atoms with Crippen molar-refractivity contribution in [3.05, 3.63) is 99.3 Å². The number of amides is 1. The third-order valence-electron chi connectivity index (χ3n) is 5.02. The molecule has 9 heteroatoms. The lowest BCUT2D eigenvalue weighted by Crippen LogP contribution is -2.29. The van der Waals surface area contributed by atoms with Crippen LogP contribution in [-0.2, 0) is 16.1 Å². The fraction of sp³-hybridized carbons (Fsp3) is 0.136. The number of likely N-dealkylation sites (tertiary alicyclic amines) is 1. The van der Waals surface area contributed by atoms with Gasteiger partial charge in [0.05, 0.1) is 10.5 Å². The number of nitro groups is 1. The maximum Gasteiger partial charge on any atom is 0.296 e. The number of pyridine rings is 1. The largest absolute Gasteiger partial charge is 0.507 e. The number of non-ortho nitro benzene ring substituents is 1. The van der Waals surface area contributed by atoms with Gasteiger partial charge in [-0.25, -0.2) is 0 Å². The molecule has 0 aliphatic carbocycles. The molecule has 1 unspecified atom stereocenters. The Morgan fingerprint density at radius 3 is 2.39 bits per heavy atom. The van der Waals surface area contributed by atoms with Gasteiger partial charge in [0.2, 0.25) is 0 Å². The Morgan fingerprint density at radius 1 is 1.13 bits per heavy atom. The van der Waals surface area contributed by atoms with E-state index in [1.807, 2.05) is 0 Å². The van der Waals surface area contributed by atoms with E-state index in [4.69, 9.17) is 4.42 Å². The van der Waals surface area contributed by atoms with E-state index < -0.39 is 28.4 Å². The maximum atomic E-state index is 12.9. The van der Waals surface area contributed by atoms with Crippen LogP contribution in [0.5, 0.6) is 0 Å². The van der Waals surface area contributed by atoms with E-state index in [0.29, 0.717) is 11.5 Å². The highest BCUT2D eigenvalue weighted by Crippen LogP contribution is 2.40. The molecular weight excluding hydrogens is 402 g/mol. The summed E-state index contributed by atoms with van der Waals surface area (Å²) in [4.78, 5) is 41.4. The molecule has 9 nitrogen and oxygen atoms in total. The van der Waals surface area contributed by atoms with E-state index in [1.165, 1.54) is 29.2 Å². The number of nitrogens with zero attached hydrogens (tertiary/aromatic N) is 3. The van der Waals surface area contributed by atoms with Crippen molar-refractivity contribution in [2.45, 2.75) is 19.5 Å². The summed E-state index contributed by atoms with van der Waals surface area (Å²) in [5.41, 5.74) is 0.636. The highest BCUT2D eigenvalue weighted by Gasteiger charge is 2.47. The first-order valence-electron chi connectivity index (χ1n) is 9.35. The summed E-state index contributed by atoms with van der Waals surface area (Å²) in [7, 11) is 0. The highest BCUT2D eigenvalue weighted by atomic mass is 16.6. The van der Waals surface area contributed by atoms with E-state index >= 15 is 0 Å². The van der Waals surface area contributed by atoms with Crippen LogP contribution in [0.25, 0.3) is 5.76 Å². The molecule has 1 atom stereocenters. The molecule has 31 heavy (non-hydrogen) atoms. The summed E-state index contributed by atoms with van der Waals surface area (Å²) in [5.74, 6) is -1.15. The second-order valence-electron chi connectivity index (χ2n) is 7.03. The smallest absolute Gasteiger partial charge is 0.296 e. The summed E-state index contributed by atoms with van der Waals surface area (Å²) in [5, 5.41) is 21.8. The first-order valence-corrected chi connectivity index (χ1v) is 9.35. The first-order chi connectivity index (χ1) is 14.9. The summed E-state index contributed by atoms with van der Waals surface area (Å²) in [6.07, 6.45) is 3.16. The molecule has 0 bridgehead atoms. The molecule has 0 radical (unpaired) electrons. The SMILES string of the molecule is Cc1ccc(C2/C(=C(/O)c3ccc([N+](=O)[O-])cc3)C(=O)C(=O)N2Cc2ccncc2)o1. The molecule has 1 amide bonds. The molecule has 4 rings (SSSR count). The Balaban J connectivity index is 1.82. The first kappa shape index (κ1) is 20.0. The average Bonchev–Trinajstić information content (AvgIpc) is 3.30. The van der Waals surface area contributed by atoms with Crippen molar-refractivity contribution in [1.29, 1.82) is 0 Å². The lowest BCUT2D eigenvalue weighted by molar-refractivity contribution is -0.384. The number of rotatable bonds is 5. The van der Waals surface area contributed by atoms with Gasteiger partial charge in [-0.3, -0.25) is 24.7 Å². The third kappa shape index (κ3) is 3.68. The number of carbonyl (C=O) groups is 2. The number of aliphatic hydroxyl groups excluding tert-OH is 1. The van der Waals surface area contributed by atoms with Crippen LogP contribution in [0.3, 0.4) is 0 Å². The monoisotopic (exact) mass is 419 g/mol. The van der Waals surface area contributed by atoms with Gasteiger partial charge in [-0.2, -0.15) is 0 Å². The minimum Gasteiger partial charge on any atom is -0.507 e. The number of aliphatic hydroxyl groups is 1. The van der Waals surface area contributed by atoms with E-state index in [-0.39, 0.29) is 23.4 Å². The van der Waals surface area contributed by atoms with Crippen molar-refractivity contribution in [3.63, 3.8) is 0 Å². The topological polar surface area (TPSA) is 127 Å². The van der Waals surface area contributed by atoms with E-state index in [0.717, 1.165) is 5.56 Å². The van der Waals surface area contributed by atoms with Crippen LogP contribution in [0.2, 0.25) is 0 Å². The molecule has 1 aliphatic rings. The van der Waals surface area contributed by atoms with Gasteiger partial charge in [0.1, 0.15) is 23.3 Å². The van der Waals surface area contributed by atoms with Crippen LogP contribution in [-0.4, -0.2) is 31.6 Å². The van der Waals surface area contributed by atoms with Gasteiger partial charge < -0.3 is 14.4 Å². The van der Waals surface area contributed by atoms with Crippen LogP contribution < -0.4 is 0 Å². The molecule has 1 N–H and O–H groups in total. The lowest BCUT2D eigenvalue weighted by atomic mass is 9.99. The maximum absolute atomic E-state index is 12.9. The molecule has 1 fully saturated rings. The molecule has 156 valence electrons. The molecule has 1 aromatic carbocycles. The van der Waals surface area contributed by atoms with Gasteiger partial charge >= 0.3 is 0 Å². The number of aryl methyl sites for hydroxylation is 1. The Labute approximate surface area is 176 Å². The molecule has 0 saturated carbocycles. The summed E-state index contributed by atoms with van der Waals surface area (Å²) in [6, 6.07) is 10.9. The Kier molecular flexibility index (Phi) is 5.08. The molecule has 0 spiro atoms. The second kappa shape index (κ2) is 7.86. The summed E-state index contributed by atoms with van der Waals surface area (Å²) >= 11 is 0. The minimum atomic E-state index is -0.947. The molecule has 3 aromatic rings. The minimum absolute atomic E-state index is 0.106. The quantitative estimate of drug-likeness (QED) is 0.220. The Bertz CT molecular complexity index is 1200. The van der Waals surface area contributed by atoms with Crippen molar-refractivity contribution in [1.82, 2.24) is 9.88 Å². The number of aromatic nitrogens is 1. The second-order valence-corrected chi connectivity index (χ2v) is 7.03. The van der Waals surface area contributed by atoms with Gasteiger partial charge in [-0.05, 0) is 48.9 Å². The normalized spacial score (nSPS) is 17.8. The number of hydrogen-bond donors (Lipinski definition) is 1. The fourth-order valence-corrected chi connectivity index (χ4v) is 3.52. The molecule has 1 saturated heterocycles. The molecule has 1 aliphatic heterocycles. The van der Waals surface area contributed by atoms with Crippen LogP contribution in [0.4, 0.5) is 5.69 Å². The predicted octanol–water partition coefficient (Wildman–Crippen LogP) is 3.51. The summed E-state index contributed by atoms with van der Waals surface area (Å²) in [6.45, 7) is 1.84. The molecule has 3 heterocycles. The number of nitro benzene ring substituents is 1. The number of carbonyl (C=O) groups excluding carboxylic acids is 2. The van der Waals surface area contributed by atoms with Gasteiger partial charge in [0.15, 0.2) is 0 Å². The van der Waals surface area contributed by atoms with Crippen molar-refractivity contribution in [2.75, 3.05) is 0 Å². The van der Waals surface area contributed by atoms with Crippen molar-refractivity contribution in [3.8, 4) is 0 Å². The third-order valence-corrected chi connectivity index (χ3v) is 5.02. The zero-order valence-electron chi connectivity index (χ0n) is 16.4. The fourth-order valence-electron chi connectivity index (χ4n) is 3.52. The number of hydrogen-bond acceptors (Lipinski definition) is 7. The van der Waals surface area contributed by atoms with E-state index in [9.17, 15) is 24.8 Å². The molecular formula is C22H17N3O6. The van der Waals surface area contributed by atoms with E-state index in [1.54, 1.807) is 43.6 Å². The van der Waals surface area contributed by atoms with Crippen LogP contribution in [0, 0.1) is 17.0 Å². The number of ketones is 1. The lowest BCUT2D eigenvalue weighted by Gasteiger charge is -2.23. The number of benzene rings is 1. The number of Topliss-reactive ketones (excluding diaryl/α,β-unsaturated/α-hetero) is 1. The van der Waals surface area contributed by atoms with Crippen LogP contribution in [0.1, 0.15) is 28.7 Å². The number of furan rings is 1. The predicted molar refractivity (Wildman–Crippen MR) is 109 cm³/mol. The molecule has 2 aromatic heterocycles. The Hall–Kier alpha value is -4.27. The van der Waals surface area contributed by atoms with Gasteiger partial charge in [-0.1, -0.05) is 0 Å². The zero-order chi connectivity index (χ0) is 22.1. The van der Waals surface area contributed by atoms with Crippen LogP contribution in [0.15, 0.2) is 70.9 Å². The van der Waals surface area contributed by atoms with E-state index in [2.05, 4.69) is 4.98 Å². The summed E-state index contributed by atoms with van der Waals surface area (Å²) < 4.78 is 5.71. The van der Waals surface area contributed by atoms with Gasteiger partial charge in [0, 0.05) is 36.6 Å².